The average Bonchev–Trinajstić information content (AvgIpc) is 2.68. The van der Waals surface area contributed by atoms with Crippen molar-refractivity contribution >= 4 is 21.7 Å². The van der Waals surface area contributed by atoms with E-state index in [0.717, 1.165) is 11.4 Å². The normalized spacial score (nSPS) is 15.5. The van der Waals surface area contributed by atoms with E-state index in [9.17, 15) is 13.2 Å². The largest absolute Gasteiger partial charge is 0.354 e. The van der Waals surface area contributed by atoms with E-state index in [0.29, 0.717) is 31.7 Å². The number of aryl methyl sites for hydroxylation is 1. The number of anilines is 1. The third-order valence-corrected chi connectivity index (χ3v) is 6.40. The molecule has 0 unspecified atom stereocenters. The Bertz CT molecular complexity index is 879. The molecule has 2 aromatic rings. The van der Waals surface area contributed by atoms with Gasteiger partial charge in [-0.2, -0.15) is 4.31 Å². The molecule has 0 radical (unpaired) electrons. The van der Waals surface area contributed by atoms with Gasteiger partial charge in [-0.1, -0.05) is 23.8 Å². The molecule has 1 fully saturated rings. The molecule has 0 bridgehead atoms. The zero-order valence-electron chi connectivity index (χ0n) is 15.3. The number of nitrogens with zero attached hydrogens (tertiary/aromatic N) is 3. The lowest BCUT2D eigenvalue weighted by Gasteiger charge is -2.34. The Kier molecular flexibility index (Phi) is 6.08. The van der Waals surface area contributed by atoms with Crippen molar-refractivity contribution in [3.05, 3.63) is 59.8 Å². The van der Waals surface area contributed by atoms with Gasteiger partial charge in [0.05, 0.1) is 5.75 Å². The molecule has 1 N–H and O–H groups in total. The molecular formula is C19H24N4O3S. The summed E-state index contributed by atoms with van der Waals surface area (Å²) in [5.74, 6) is 0.502. The third kappa shape index (κ3) is 5.05. The zero-order valence-corrected chi connectivity index (χ0v) is 16.2. The molecule has 1 aliphatic rings. The van der Waals surface area contributed by atoms with Crippen LogP contribution in [0.3, 0.4) is 0 Å². The highest BCUT2D eigenvalue weighted by Crippen LogP contribution is 2.14. The molecule has 144 valence electrons. The summed E-state index contributed by atoms with van der Waals surface area (Å²) in [4.78, 5) is 18.5. The Morgan fingerprint density at radius 1 is 1.11 bits per heavy atom. The average molecular weight is 388 g/mol. The summed E-state index contributed by atoms with van der Waals surface area (Å²) in [6.45, 7) is 4.05. The highest BCUT2D eigenvalue weighted by Gasteiger charge is 2.27. The van der Waals surface area contributed by atoms with Crippen LogP contribution in [0, 0.1) is 6.92 Å². The Morgan fingerprint density at radius 3 is 2.56 bits per heavy atom. The van der Waals surface area contributed by atoms with Gasteiger partial charge in [-0.25, -0.2) is 13.4 Å². The fourth-order valence-corrected chi connectivity index (χ4v) is 4.39. The van der Waals surface area contributed by atoms with E-state index in [4.69, 9.17) is 0 Å². The van der Waals surface area contributed by atoms with Crippen LogP contribution in [0.25, 0.3) is 0 Å². The van der Waals surface area contributed by atoms with Crippen LogP contribution in [0.2, 0.25) is 0 Å². The van der Waals surface area contributed by atoms with Crippen LogP contribution in [0.1, 0.15) is 15.9 Å². The predicted molar refractivity (Wildman–Crippen MR) is 105 cm³/mol. The van der Waals surface area contributed by atoms with Crippen LogP contribution in [0.4, 0.5) is 5.82 Å². The minimum atomic E-state index is -3.40. The van der Waals surface area contributed by atoms with Gasteiger partial charge in [-0.15, -0.1) is 0 Å². The van der Waals surface area contributed by atoms with Gasteiger partial charge in [0.1, 0.15) is 5.82 Å². The van der Waals surface area contributed by atoms with E-state index in [-0.39, 0.29) is 18.2 Å². The van der Waals surface area contributed by atoms with E-state index in [2.05, 4.69) is 15.2 Å². The summed E-state index contributed by atoms with van der Waals surface area (Å²) < 4.78 is 26.6. The van der Waals surface area contributed by atoms with E-state index in [1.165, 1.54) is 4.31 Å². The highest BCUT2D eigenvalue weighted by atomic mass is 32.2. The summed E-state index contributed by atoms with van der Waals surface area (Å²) in [5.41, 5.74) is 1.53. The van der Waals surface area contributed by atoms with Crippen molar-refractivity contribution in [3.63, 3.8) is 0 Å². The van der Waals surface area contributed by atoms with Crippen LogP contribution in [0.5, 0.6) is 0 Å². The Balaban J connectivity index is 1.48. The summed E-state index contributed by atoms with van der Waals surface area (Å²) in [6.07, 6.45) is 1.73. The molecule has 1 aromatic carbocycles. The van der Waals surface area contributed by atoms with Crippen LogP contribution in [-0.4, -0.2) is 62.1 Å². The Labute approximate surface area is 160 Å². The molecule has 1 aromatic heterocycles. The smallest absolute Gasteiger partial charge is 0.251 e. The number of amides is 1. The summed E-state index contributed by atoms with van der Waals surface area (Å²) in [6, 6.07) is 12.9. The molecule has 1 amide bonds. The van der Waals surface area contributed by atoms with Gasteiger partial charge in [-0.05, 0) is 31.2 Å². The molecule has 0 saturated carbocycles. The fourth-order valence-electron chi connectivity index (χ4n) is 3.05. The molecule has 2 heterocycles. The minimum Gasteiger partial charge on any atom is -0.354 e. The van der Waals surface area contributed by atoms with Crippen molar-refractivity contribution in [2.24, 2.45) is 0 Å². The molecule has 0 spiro atoms. The van der Waals surface area contributed by atoms with Crippen molar-refractivity contribution in [3.8, 4) is 0 Å². The highest BCUT2D eigenvalue weighted by molar-refractivity contribution is 7.89. The van der Waals surface area contributed by atoms with Crippen LogP contribution in [-0.2, 0) is 10.0 Å². The first-order chi connectivity index (χ1) is 13.0. The number of aromatic nitrogens is 1. The summed E-state index contributed by atoms with van der Waals surface area (Å²) >= 11 is 0. The summed E-state index contributed by atoms with van der Waals surface area (Å²) in [7, 11) is -3.40. The Hall–Kier alpha value is -2.45. The first-order valence-corrected chi connectivity index (χ1v) is 10.6. The number of carbonyl (C=O) groups excluding carboxylic acids is 1. The lowest BCUT2D eigenvalue weighted by Crippen LogP contribution is -2.50. The molecule has 8 heteroatoms. The van der Waals surface area contributed by atoms with Crippen molar-refractivity contribution in [2.45, 2.75) is 6.92 Å². The van der Waals surface area contributed by atoms with Gasteiger partial charge < -0.3 is 10.2 Å². The Morgan fingerprint density at radius 2 is 1.89 bits per heavy atom. The number of rotatable bonds is 6. The second-order valence-corrected chi connectivity index (χ2v) is 8.60. The maximum absolute atomic E-state index is 12.5. The van der Waals surface area contributed by atoms with Gasteiger partial charge in [0, 0.05) is 44.5 Å². The molecule has 0 aliphatic carbocycles. The SMILES string of the molecule is Cc1cccc(C(=O)NCCS(=O)(=O)N2CCN(c3ccccn3)CC2)c1. The molecule has 1 saturated heterocycles. The van der Waals surface area contributed by atoms with Gasteiger partial charge >= 0.3 is 0 Å². The first-order valence-electron chi connectivity index (χ1n) is 8.94. The number of benzene rings is 1. The lowest BCUT2D eigenvalue weighted by molar-refractivity contribution is 0.0956. The number of sulfonamides is 1. The second kappa shape index (κ2) is 8.49. The van der Waals surface area contributed by atoms with Gasteiger partial charge in [0.15, 0.2) is 0 Å². The topological polar surface area (TPSA) is 82.6 Å². The molecule has 7 nitrogen and oxygen atoms in total. The number of hydrogen-bond acceptors (Lipinski definition) is 5. The quantitative estimate of drug-likeness (QED) is 0.806. The van der Waals surface area contributed by atoms with E-state index in [1.54, 1.807) is 18.3 Å². The lowest BCUT2D eigenvalue weighted by atomic mass is 10.1. The number of hydrogen-bond donors (Lipinski definition) is 1. The predicted octanol–water partition coefficient (Wildman–Crippen LogP) is 1.27. The molecule has 1 aliphatic heterocycles. The number of pyridine rings is 1. The van der Waals surface area contributed by atoms with Crippen LogP contribution >= 0.6 is 0 Å². The third-order valence-electron chi connectivity index (χ3n) is 4.53. The monoisotopic (exact) mass is 388 g/mol. The number of nitrogens with one attached hydrogen (secondary N) is 1. The maximum atomic E-state index is 12.5. The zero-order chi connectivity index (χ0) is 19.3. The maximum Gasteiger partial charge on any atom is 0.251 e. The molecular weight excluding hydrogens is 364 g/mol. The van der Waals surface area contributed by atoms with E-state index < -0.39 is 10.0 Å². The summed E-state index contributed by atoms with van der Waals surface area (Å²) in [5, 5.41) is 2.69. The first kappa shape index (κ1) is 19.3. The van der Waals surface area contributed by atoms with Crippen LogP contribution in [0.15, 0.2) is 48.7 Å². The number of piperazine rings is 1. The number of carbonyl (C=O) groups is 1. The fraction of sp³-hybridized carbons (Fsp3) is 0.368. The van der Waals surface area contributed by atoms with Gasteiger partial charge in [-0.3, -0.25) is 4.79 Å². The molecule has 27 heavy (non-hydrogen) atoms. The minimum absolute atomic E-state index is 0.0928. The van der Waals surface area contributed by atoms with E-state index in [1.807, 2.05) is 37.3 Å². The van der Waals surface area contributed by atoms with E-state index >= 15 is 0 Å². The van der Waals surface area contributed by atoms with Crippen molar-refractivity contribution in [1.82, 2.24) is 14.6 Å². The van der Waals surface area contributed by atoms with Gasteiger partial charge in [0.2, 0.25) is 10.0 Å². The second-order valence-electron chi connectivity index (χ2n) is 6.52. The van der Waals surface area contributed by atoms with Crippen molar-refractivity contribution in [2.75, 3.05) is 43.4 Å². The van der Waals surface area contributed by atoms with Crippen LogP contribution < -0.4 is 10.2 Å². The molecule has 0 atom stereocenters. The van der Waals surface area contributed by atoms with Crippen molar-refractivity contribution < 1.29 is 13.2 Å². The van der Waals surface area contributed by atoms with Crippen molar-refractivity contribution in [1.29, 1.82) is 0 Å². The standard InChI is InChI=1S/C19H24N4O3S/c1-16-5-4-6-17(15-16)19(24)21-9-14-27(25,26)23-12-10-22(11-13-23)18-7-2-3-8-20-18/h2-8,15H,9-14H2,1H3,(H,21,24). The van der Waals surface area contributed by atoms with Gasteiger partial charge in [0.25, 0.3) is 5.91 Å². The molecule has 3 rings (SSSR count).